The van der Waals surface area contributed by atoms with Crippen LogP contribution < -0.4 is 15.6 Å². The molecule has 9 nitrogen and oxygen atoms in total. The van der Waals surface area contributed by atoms with Crippen LogP contribution in [0.4, 0.5) is 0 Å². The summed E-state index contributed by atoms with van der Waals surface area (Å²) in [6.07, 6.45) is 3.18. The first-order chi connectivity index (χ1) is 18.2. The lowest BCUT2D eigenvalue weighted by molar-refractivity contribution is 0.0526. The normalized spacial score (nSPS) is 12.2. The quantitative estimate of drug-likeness (QED) is 0.227. The summed E-state index contributed by atoms with van der Waals surface area (Å²) in [5.41, 5.74) is 6.90. The average molecular weight is 533 g/mol. The Morgan fingerprint density at radius 1 is 1.11 bits per heavy atom. The van der Waals surface area contributed by atoms with Crippen LogP contribution in [0.25, 0.3) is 27.9 Å². The minimum absolute atomic E-state index is 0.0370. The van der Waals surface area contributed by atoms with Gasteiger partial charge in [-0.05, 0) is 69.7 Å². The third kappa shape index (κ3) is 4.62. The number of hydrogen-bond acceptors (Lipinski definition) is 7. The van der Waals surface area contributed by atoms with E-state index in [4.69, 9.17) is 25.6 Å². The Kier molecular flexibility index (Phi) is 6.64. The molecule has 0 aliphatic rings. The molecule has 194 valence electrons. The Bertz CT molecular complexity index is 1780. The topological polar surface area (TPSA) is 108 Å². The van der Waals surface area contributed by atoms with E-state index in [1.807, 2.05) is 48.8 Å². The standard InChI is InChI=1S/C28H25ClN4O5/c1-14-10-19(17(4)37-21-7-8-22(29)31-24(21)28(35)32-36-5)27-20(11-14)25(34)16(3)26(38-27)18-6-9-23-30-15(2)12-33(23)13-18/h6-13,17H,1-5H3,(H,32,35)/t17-/m1/s1. The summed E-state index contributed by atoms with van der Waals surface area (Å²) in [5.74, 6) is 0.0453. The predicted octanol–water partition coefficient (Wildman–Crippen LogP) is 5.51. The number of ether oxygens (including phenoxy) is 1. The van der Waals surface area contributed by atoms with Gasteiger partial charge in [-0.15, -0.1) is 0 Å². The molecule has 0 aliphatic heterocycles. The number of aryl methyl sites for hydroxylation is 2. The van der Waals surface area contributed by atoms with Crippen molar-refractivity contribution in [3.05, 3.63) is 92.2 Å². The number of carbonyl (C=O) groups is 1. The fraction of sp³-hybridized carbons (Fsp3) is 0.214. The van der Waals surface area contributed by atoms with Crippen LogP contribution in [-0.4, -0.2) is 27.4 Å². The highest BCUT2D eigenvalue weighted by Crippen LogP contribution is 2.33. The van der Waals surface area contributed by atoms with Crippen molar-refractivity contribution in [3.63, 3.8) is 0 Å². The maximum absolute atomic E-state index is 13.5. The van der Waals surface area contributed by atoms with Gasteiger partial charge in [-0.25, -0.2) is 15.4 Å². The van der Waals surface area contributed by atoms with Crippen molar-refractivity contribution < 1.29 is 18.8 Å². The first-order valence-electron chi connectivity index (χ1n) is 11.9. The SMILES string of the molecule is CONC(=O)c1nc(Cl)ccc1O[C@H](C)c1cc(C)cc2c(=O)c(C)c(-c3ccc4nc(C)cn4c3)oc12. The van der Waals surface area contributed by atoms with Crippen molar-refractivity contribution in [2.75, 3.05) is 7.11 Å². The second-order valence-corrected chi connectivity index (χ2v) is 9.45. The first-order valence-corrected chi connectivity index (χ1v) is 12.2. The third-order valence-corrected chi connectivity index (χ3v) is 6.41. The van der Waals surface area contributed by atoms with Crippen molar-refractivity contribution in [1.82, 2.24) is 19.8 Å². The van der Waals surface area contributed by atoms with Crippen LogP contribution in [0, 0.1) is 20.8 Å². The molecule has 5 rings (SSSR count). The highest BCUT2D eigenvalue weighted by atomic mass is 35.5. The second kappa shape index (κ2) is 9.92. The molecule has 1 N–H and O–H groups in total. The summed E-state index contributed by atoms with van der Waals surface area (Å²) in [4.78, 5) is 39.3. The molecule has 4 aromatic heterocycles. The zero-order valence-corrected chi connectivity index (χ0v) is 22.2. The molecule has 0 bridgehead atoms. The highest BCUT2D eigenvalue weighted by Gasteiger charge is 2.23. The van der Waals surface area contributed by atoms with Gasteiger partial charge in [0.25, 0.3) is 5.91 Å². The average Bonchev–Trinajstić information content (AvgIpc) is 3.26. The Labute approximate surface area is 223 Å². The molecular formula is C28H25ClN4O5. The van der Waals surface area contributed by atoms with Crippen LogP contribution in [0.2, 0.25) is 5.15 Å². The molecule has 0 spiro atoms. The van der Waals surface area contributed by atoms with Crippen LogP contribution in [0.3, 0.4) is 0 Å². The van der Waals surface area contributed by atoms with E-state index in [2.05, 4.69) is 15.4 Å². The summed E-state index contributed by atoms with van der Waals surface area (Å²) in [6, 6.07) is 10.5. The van der Waals surface area contributed by atoms with E-state index in [1.54, 1.807) is 26.0 Å². The number of pyridine rings is 2. The third-order valence-electron chi connectivity index (χ3n) is 6.20. The molecule has 1 amide bonds. The molecular weight excluding hydrogens is 508 g/mol. The first kappa shape index (κ1) is 25.4. The number of hydrogen-bond donors (Lipinski definition) is 1. The van der Waals surface area contributed by atoms with Gasteiger partial charge in [0, 0.05) is 29.1 Å². The summed E-state index contributed by atoms with van der Waals surface area (Å²) in [6.45, 7) is 7.38. The zero-order chi connectivity index (χ0) is 27.1. The lowest BCUT2D eigenvalue weighted by atomic mass is 10.00. The Morgan fingerprint density at radius 3 is 2.66 bits per heavy atom. The van der Waals surface area contributed by atoms with E-state index in [-0.39, 0.29) is 22.0 Å². The van der Waals surface area contributed by atoms with E-state index < -0.39 is 12.0 Å². The van der Waals surface area contributed by atoms with Gasteiger partial charge < -0.3 is 13.6 Å². The summed E-state index contributed by atoms with van der Waals surface area (Å²) in [5, 5.41) is 0.575. The minimum atomic E-state index is -0.619. The molecule has 0 radical (unpaired) electrons. The lowest BCUT2D eigenvalue weighted by Crippen LogP contribution is -2.24. The molecule has 4 heterocycles. The maximum atomic E-state index is 13.5. The number of carbonyl (C=O) groups excluding carboxylic acids is 1. The maximum Gasteiger partial charge on any atom is 0.297 e. The fourth-order valence-electron chi connectivity index (χ4n) is 4.47. The number of hydroxylamine groups is 1. The van der Waals surface area contributed by atoms with Crippen LogP contribution in [0.1, 0.15) is 45.9 Å². The summed E-state index contributed by atoms with van der Waals surface area (Å²) < 4.78 is 14.5. The van der Waals surface area contributed by atoms with Gasteiger partial charge in [0.2, 0.25) is 0 Å². The smallest absolute Gasteiger partial charge is 0.297 e. The van der Waals surface area contributed by atoms with E-state index in [0.29, 0.717) is 27.9 Å². The molecule has 10 heteroatoms. The van der Waals surface area contributed by atoms with Crippen molar-refractivity contribution in [3.8, 4) is 17.1 Å². The van der Waals surface area contributed by atoms with Crippen molar-refractivity contribution >= 4 is 34.1 Å². The number of benzene rings is 1. The molecule has 5 aromatic rings. The monoisotopic (exact) mass is 532 g/mol. The summed E-state index contributed by atoms with van der Waals surface area (Å²) in [7, 11) is 1.32. The van der Waals surface area contributed by atoms with Crippen molar-refractivity contribution in [1.29, 1.82) is 0 Å². The molecule has 0 saturated carbocycles. The fourth-order valence-corrected chi connectivity index (χ4v) is 4.62. The van der Waals surface area contributed by atoms with Gasteiger partial charge in [0.1, 0.15) is 28.2 Å². The largest absolute Gasteiger partial charge is 0.483 e. The predicted molar refractivity (Wildman–Crippen MR) is 144 cm³/mol. The van der Waals surface area contributed by atoms with Crippen LogP contribution in [-0.2, 0) is 4.84 Å². The lowest BCUT2D eigenvalue weighted by Gasteiger charge is -2.19. The van der Waals surface area contributed by atoms with E-state index in [1.165, 1.54) is 13.2 Å². The van der Waals surface area contributed by atoms with Crippen LogP contribution in [0.15, 0.2) is 58.0 Å². The van der Waals surface area contributed by atoms with Gasteiger partial charge in [-0.1, -0.05) is 11.6 Å². The van der Waals surface area contributed by atoms with Crippen LogP contribution in [0.5, 0.6) is 5.75 Å². The van der Waals surface area contributed by atoms with Crippen LogP contribution >= 0.6 is 11.6 Å². The Morgan fingerprint density at radius 2 is 1.89 bits per heavy atom. The molecule has 0 unspecified atom stereocenters. The minimum Gasteiger partial charge on any atom is -0.483 e. The molecule has 38 heavy (non-hydrogen) atoms. The van der Waals surface area contributed by atoms with Crippen molar-refractivity contribution in [2.24, 2.45) is 0 Å². The molecule has 0 fully saturated rings. The van der Waals surface area contributed by atoms with E-state index in [0.717, 1.165) is 22.5 Å². The van der Waals surface area contributed by atoms with Gasteiger partial charge in [0.05, 0.1) is 18.2 Å². The van der Waals surface area contributed by atoms with Crippen molar-refractivity contribution in [2.45, 2.75) is 33.8 Å². The number of nitrogens with zero attached hydrogens (tertiary/aromatic N) is 3. The van der Waals surface area contributed by atoms with Gasteiger partial charge in [-0.3, -0.25) is 14.4 Å². The second-order valence-electron chi connectivity index (χ2n) is 9.06. The van der Waals surface area contributed by atoms with Gasteiger partial charge in [0.15, 0.2) is 16.9 Å². The number of nitrogens with one attached hydrogen (secondary N) is 1. The number of amides is 1. The van der Waals surface area contributed by atoms with Gasteiger partial charge >= 0.3 is 0 Å². The highest BCUT2D eigenvalue weighted by molar-refractivity contribution is 6.29. The number of aromatic nitrogens is 3. The number of rotatable bonds is 6. The Balaban J connectivity index is 1.64. The molecule has 1 aromatic carbocycles. The van der Waals surface area contributed by atoms with Gasteiger partial charge in [-0.2, -0.15) is 0 Å². The zero-order valence-electron chi connectivity index (χ0n) is 21.5. The Hall–Kier alpha value is -4.21. The molecule has 1 atom stereocenters. The van der Waals surface area contributed by atoms with E-state index >= 15 is 0 Å². The number of imidazole rings is 1. The molecule has 0 aliphatic carbocycles. The van der Waals surface area contributed by atoms with E-state index in [9.17, 15) is 9.59 Å². The molecule has 0 saturated heterocycles. The number of halogens is 1. The number of fused-ring (bicyclic) bond motifs is 2. The summed E-state index contributed by atoms with van der Waals surface area (Å²) >= 11 is 6.02.